The first-order chi connectivity index (χ1) is 7.81. The molecule has 0 fully saturated rings. The van der Waals surface area contributed by atoms with Crippen LogP contribution in [0.15, 0.2) is 42.6 Å². The molecule has 0 amide bonds. The first-order valence-electron chi connectivity index (χ1n) is 5.52. The summed E-state index contributed by atoms with van der Waals surface area (Å²) in [5.41, 5.74) is 3.79. The van der Waals surface area contributed by atoms with E-state index in [-0.39, 0.29) is 0 Å². The summed E-state index contributed by atoms with van der Waals surface area (Å²) in [6.45, 7) is 3.74. The summed E-state index contributed by atoms with van der Waals surface area (Å²) in [7, 11) is 1.73. The highest BCUT2D eigenvalue weighted by atomic mass is 16.5. The number of aryl methyl sites for hydroxylation is 1. The van der Waals surface area contributed by atoms with Crippen LogP contribution in [0, 0.1) is 6.92 Å². The minimum absolute atomic E-state index is 0.744. The van der Waals surface area contributed by atoms with Crippen LogP contribution < -0.4 is 0 Å². The van der Waals surface area contributed by atoms with Crippen molar-refractivity contribution in [2.75, 3.05) is 13.7 Å². The Bertz CT molecular complexity index is 442. The number of hydrogen-bond acceptors (Lipinski definition) is 1. The fraction of sp³-hybridized carbons (Fsp3) is 0.286. The second-order valence-corrected chi connectivity index (χ2v) is 3.95. The standard InChI is InChI=1S/C14H17NO/c1-12-5-7-13(8-6-12)14-4-3-9-15(14)10-11-16-2/h3-9H,10-11H2,1-2H3. The van der Waals surface area contributed by atoms with Gasteiger partial charge in [0.05, 0.1) is 6.61 Å². The monoisotopic (exact) mass is 215 g/mol. The van der Waals surface area contributed by atoms with E-state index in [9.17, 15) is 0 Å². The molecule has 0 aliphatic rings. The van der Waals surface area contributed by atoms with Crippen LogP contribution >= 0.6 is 0 Å². The van der Waals surface area contributed by atoms with Crippen molar-refractivity contribution in [2.45, 2.75) is 13.5 Å². The van der Waals surface area contributed by atoms with Gasteiger partial charge in [0.15, 0.2) is 0 Å². The van der Waals surface area contributed by atoms with Gasteiger partial charge in [-0.2, -0.15) is 0 Å². The van der Waals surface area contributed by atoms with Gasteiger partial charge in [0, 0.05) is 25.5 Å². The van der Waals surface area contributed by atoms with Crippen molar-refractivity contribution in [3.8, 4) is 11.3 Å². The van der Waals surface area contributed by atoms with E-state index in [2.05, 4.69) is 54.1 Å². The molecule has 2 heteroatoms. The molecule has 2 aromatic rings. The van der Waals surface area contributed by atoms with Crippen LogP contribution in [0.5, 0.6) is 0 Å². The lowest BCUT2D eigenvalue weighted by molar-refractivity contribution is 0.188. The molecule has 0 bridgehead atoms. The van der Waals surface area contributed by atoms with Gasteiger partial charge in [0.25, 0.3) is 0 Å². The average Bonchev–Trinajstić information content (AvgIpc) is 2.75. The first kappa shape index (κ1) is 11.0. The molecule has 1 heterocycles. The maximum Gasteiger partial charge on any atom is 0.0641 e. The van der Waals surface area contributed by atoms with Gasteiger partial charge in [0.1, 0.15) is 0 Å². The summed E-state index contributed by atoms with van der Waals surface area (Å²) < 4.78 is 7.32. The SMILES string of the molecule is COCCn1cccc1-c1ccc(C)cc1. The second-order valence-electron chi connectivity index (χ2n) is 3.95. The molecular formula is C14H17NO. The molecule has 84 valence electrons. The smallest absolute Gasteiger partial charge is 0.0641 e. The van der Waals surface area contributed by atoms with Crippen molar-refractivity contribution in [3.63, 3.8) is 0 Å². The van der Waals surface area contributed by atoms with Gasteiger partial charge < -0.3 is 9.30 Å². The Morgan fingerprint density at radius 1 is 1.12 bits per heavy atom. The maximum absolute atomic E-state index is 5.10. The van der Waals surface area contributed by atoms with E-state index >= 15 is 0 Å². The highest BCUT2D eigenvalue weighted by Crippen LogP contribution is 2.20. The maximum atomic E-state index is 5.10. The number of rotatable bonds is 4. The molecule has 0 aliphatic carbocycles. The lowest BCUT2D eigenvalue weighted by Gasteiger charge is -2.08. The molecule has 0 unspecified atom stereocenters. The van der Waals surface area contributed by atoms with E-state index in [0.717, 1.165) is 13.2 Å². The molecule has 1 aromatic carbocycles. The molecule has 1 aromatic heterocycles. The van der Waals surface area contributed by atoms with Crippen LogP contribution in [0.4, 0.5) is 0 Å². The lowest BCUT2D eigenvalue weighted by atomic mass is 10.1. The fourth-order valence-corrected chi connectivity index (χ4v) is 1.79. The number of ether oxygens (including phenoxy) is 1. The fourth-order valence-electron chi connectivity index (χ4n) is 1.79. The minimum Gasteiger partial charge on any atom is -0.383 e. The molecule has 0 radical (unpaired) electrons. The molecule has 0 saturated heterocycles. The Labute approximate surface area is 96.5 Å². The normalized spacial score (nSPS) is 10.6. The third-order valence-electron chi connectivity index (χ3n) is 2.71. The Kier molecular flexibility index (Phi) is 3.42. The third kappa shape index (κ3) is 2.34. The van der Waals surface area contributed by atoms with Crippen LogP contribution in [0.25, 0.3) is 11.3 Å². The highest BCUT2D eigenvalue weighted by Gasteiger charge is 2.02. The van der Waals surface area contributed by atoms with Crippen molar-refractivity contribution >= 4 is 0 Å². The van der Waals surface area contributed by atoms with Gasteiger partial charge >= 0.3 is 0 Å². The first-order valence-corrected chi connectivity index (χ1v) is 5.52. The van der Waals surface area contributed by atoms with Crippen molar-refractivity contribution in [3.05, 3.63) is 48.2 Å². The molecule has 2 nitrogen and oxygen atoms in total. The summed E-state index contributed by atoms with van der Waals surface area (Å²) in [6.07, 6.45) is 2.09. The van der Waals surface area contributed by atoms with Gasteiger partial charge in [-0.05, 0) is 24.6 Å². The molecule has 0 atom stereocenters. The zero-order valence-corrected chi connectivity index (χ0v) is 9.81. The number of methoxy groups -OCH3 is 1. The average molecular weight is 215 g/mol. The van der Waals surface area contributed by atoms with Crippen molar-refractivity contribution in [1.29, 1.82) is 0 Å². The topological polar surface area (TPSA) is 14.2 Å². The van der Waals surface area contributed by atoms with E-state index < -0.39 is 0 Å². The molecule has 0 spiro atoms. The summed E-state index contributed by atoms with van der Waals surface area (Å²) in [4.78, 5) is 0. The van der Waals surface area contributed by atoms with E-state index in [1.54, 1.807) is 7.11 Å². The van der Waals surface area contributed by atoms with Crippen LogP contribution in [-0.2, 0) is 11.3 Å². The molecule has 0 aliphatic heterocycles. The zero-order valence-electron chi connectivity index (χ0n) is 9.81. The number of benzene rings is 1. The van der Waals surface area contributed by atoms with Crippen molar-refractivity contribution in [2.24, 2.45) is 0 Å². The summed E-state index contributed by atoms with van der Waals surface area (Å²) in [6, 6.07) is 12.8. The van der Waals surface area contributed by atoms with Crippen LogP contribution in [0.3, 0.4) is 0 Å². The van der Waals surface area contributed by atoms with Crippen LogP contribution in [0.1, 0.15) is 5.56 Å². The Morgan fingerprint density at radius 2 is 1.88 bits per heavy atom. The zero-order chi connectivity index (χ0) is 11.4. The molecule has 0 N–H and O–H groups in total. The van der Waals surface area contributed by atoms with Gasteiger partial charge in [-0.25, -0.2) is 0 Å². The summed E-state index contributed by atoms with van der Waals surface area (Å²) in [5.74, 6) is 0. The van der Waals surface area contributed by atoms with Gasteiger partial charge in [0.2, 0.25) is 0 Å². The van der Waals surface area contributed by atoms with E-state index in [4.69, 9.17) is 4.74 Å². The molecular weight excluding hydrogens is 198 g/mol. The highest BCUT2D eigenvalue weighted by molar-refractivity contribution is 5.60. The van der Waals surface area contributed by atoms with Gasteiger partial charge in [-0.15, -0.1) is 0 Å². The Balaban J connectivity index is 2.26. The van der Waals surface area contributed by atoms with E-state index in [1.165, 1.54) is 16.8 Å². The number of hydrogen-bond donors (Lipinski definition) is 0. The Hall–Kier alpha value is -1.54. The van der Waals surface area contributed by atoms with Crippen LogP contribution in [0.2, 0.25) is 0 Å². The third-order valence-corrected chi connectivity index (χ3v) is 2.71. The minimum atomic E-state index is 0.744. The predicted molar refractivity (Wildman–Crippen MR) is 66.5 cm³/mol. The van der Waals surface area contributed by atoms with Crippen LogP contribution in [-0.4, -0.2) is 18.3 Å². The van der Waals surface area contributed by atoms with Gasteiger partial charge in [-0.3, -0.25) is 0 Å². The second kappa shape index (κ2) is 4.99. The molecule has 0 saturated carbocycles. The summed E-state index contributed by atoms with van der Waals surface area (Å²) >= 11 is 0. The number of nitrogens with zero attached hydrogens (tertiary/aromatic N) is 1. The molecule has 16 heavy (non-hydrogen) atoms. The van der Waals surface area contributed by atoms with Crippen molar-refractivity contribution in [1.82, 2.24) is 4.57 Å². The number of aromatic nitrogens is 1. The quantitative estimate of drug-likeness (QED) is 0.764. The Morgan fingerprint density at radius 3 is 2.56 bits per heavy atom. The largest absolute Gasteiger partial charge is 0.383 e. The predicted octanol–water partition coefficient (Wildman–Crippen LogP) is 3.11. The summed E-state index contributed by atoms with van der Waals surface area (Å²) in [5, 5.41) is 0. The van der Waals surface area contributed by atoms with Crippen molar-refractivity contribution < 1.29 is 4.74 Å². The van der Waals surface area contributed by atoms with E-state index in [1.807, 2.05) is 0 Å². The van der Waals surface area contributed by atoms with Gasteiger partial charge in [-0.1, -0.05) is 29.8 Å². The van der Waals surface area contributed by atoms with E-state index in [0.29, 0.717) is 0 Å². The lowest BCUT2D eigenvalue weighted by Crippen LogP contribution is -2.04. The molecule has 2 rings (SSSR count).